The Morgan fingerprint density at radius 1 is 1.27 bits per heavy atom. The van der Waals surface area contributed by atoms with E-state index in [9.17, 15) is 8.78 Å². The van der Waals surface area contributed by atoms with E-state index in [1.807, 2.05) is 4.90 Å². The molecule has 1 aromatic rings. The van der Waals surface area contributed by atoms with Crippen LogP contribution in [0.5, 0.6) is 0 Å². The molecule has 0 aromatic heterocycles. The number of piperazine rings is 1. The van der Waals surface area contributed by atoms with Crippen molar-refractivity contribution in [2.24, 2.45) is 0 Å². The SMILES string of the molecule is Fc1[c-]cc(F)c(N2CCNCC2)c1.[K+]. The third-order valence-electron chi connectivity index (χ3n) is 2.30. The number of hydrogen-bond acceptors (Lipinski definition) is 2. The predicted molar refractivity (Wildman–Crippen MR) is 50.3 cm³/mol. The van der Waals surface area contributed by atoms with Gasteiger partial charge in [-0.2, -0.15) is 0 Å². The van der Waals surface area contributed by atoms with Crippen molar-refractivity contribution in [1.29, 1.82) is 0 Å². The van der Waals surface area contributed by atoms with E-state index in [1.54, 1.807) is 0 Å². The quantitative estimate of drug-likeness (QED) is 0.456. The number of nitrogens with zero attached hydrogens (tertiary/aromatic N) is 1. The summed E-state index contributed by atoms with van der Waals surface area (Å²) in [5.41, 5.74) is 0.336. The number of rotatable bonds is 1. The molecule has 2 rings (SSSR count). The molecule has 1 heterocycles. The van der Waals surface area contributed by atoms with Crippen molar-refractivity contribution < 1.29 is 60.2 Å². The van der Waals surface area contributed by atoms with Gasteiger partial charge in [-0.25, -0.2) is 4.39 Å². The van der Waals surface area contributed by atoms with E-state index in [1.165, 1.54) is 6.07 Å². The Hall–Kier alpha value is 0.476. The van der Waals surface area contributed by atoms with Crippen LogP contribution in [-0.4, -0.2) is 26.2 Å². The Labute approximate surface area is 130 Å². The Bertz CT molecular complexity index is 327. The Balaban J connectivity index is 0.00000112. The Morgan fingerprint density at radius 3 is 2.60 bits per heavy atom. The molecule has 1 aliphatic rings. The molecule has 2 nitrogen and oxygen atoms in total. The molecule has 76 valence electrons. The van der Waals surface area contributed by atoms with Gasteiger partial charge in [0.1, 0.15) is 0 Å². The monoisotopic (exact) mass is 236 g/mol. The largest absolute Gasteiger partial charge is 1.00 e. The van der Waals surface area contributed by atoms with Crippen LogP contribution in [0.15, 0.2) is 12.1 Å². The van der Waals surface area contributed by atoms with Crippen LogP contribution in [0.4, 0.5) is 14.5 Å². The Morgan fingerprint density at radius 2 is 1.93 bits per heavy atom. The molecule has 0 amide bonds. The molecule has 1 aliphatic heterocycles. The van der Waals surface area contributed by atoms with E-state index in [-0.39, 0.29) is 51.4 Å². The van der Waals surface area contributed by atoms with Gasteiger partial charge in [-0.05, 0) is 5.69 Å². The molecule has 0 atom stereocenters. The number of benzene rings is 1. The third kappa shape index (κ3) is 3.47. The third-order valence-corrected chi connectivity index (χ3v) is 2.30. The molecule has 0 saturated carbocycles. The van der Waals surface area contributed by atoms with Gasteiger partial charge >= 0.3 is 51.4 Å². The maximum Gasteiger partial charge on any atom is 1.00 e. The van der Waals surface area contributed by atoms with Gasteiger partial charge in [0.25, 0.3) is 0 Å². The fourth-order valence-corrected chi connectivity index (χ4v) is 1.58. The predicted octanol–water partition coefficient (Wildman–Crippen LogP) is -1.82. The van der Waals surface area contributed by atoms with E-state index >= 15 is 0 Å². The molecule has 0 unspecified atom stereocenters. The minimum absolute atomic E-state index is 0. The number of hydrogen-bond donors (Lipinski definition) is 1. The number of halogens is 2. The molecule has 1 N–H and O–H groups in total. The van der Waals surface area contributed by atoms with Crippen LogP contribution in [0.1, 0.15) is 0 Å². The van der Waals surface area contributed by atoms with Gasteiger partial charge in [-0.1, -0.05) is 0 Å². The maximum atomic E-state index is 13.3. The van der Waals surface area contributed by atoms with Gasteiger partial charge in [0.05, 0.1) is 0 Å². The van der Waals surface area contributed by atoms with Crippen molar-refractivity contribution in [3.8, 4) is 0 Å². The summed E-state index contributed by atoms with van der Waals surface area (Å²) in [6, 6.07) is 4.44. The normalized spacial score (nSPS) is 16.0. The zero-order chi connectivity index (χ0) is 9.97. The van der Waals surface area contributed by atoms with Crippen LogP contribution < -0.4 is 61.6 Å². The molecule has 1 fully saturated rings. The maximum absolute atomic E-state index is 13.3. The summed E-state index contributed by atoms with van der Waals surface area (Å²) in [6.45, 7) is 3.03. The summed E-state index contributed by atoms with van der Waals surface area (Å²) in [7, 11) is 0. The summed E-state index contributed by atoms with van der Waals surface area (Å²) in [6.07, 6.45) is 0. The second kappa shape index (κ2) is 6.27. The van der Waals surface area contributed by atoms with Crippen LogP contribution in [0.25, 0.3) is 0 Å². The molecular weight excluding hydrogens is 225 g/mol. The van der Waals surface area contributed by atoms with Gasteiger partial charge < -0.3 is 10.2 Å². The van der Waals surface area contributed by atoms with Crippen LogP contribution >= 0.6 is 0 Å². The van der Waals surface area contributed by atoms with Gasteiger partial charge in [0.15, 0.2) is 0 Å². The van der Waals surface area contributed by atoms with E-state index in [0.29, 0.717) is 18.8 Å². The van der Waals surface area contributed by atoms with Crippen LogP contribution in [0.2, 0.25) is 0 Å². The first-order valence-electron chi connectivity index (χ1n) is 4.60. The van der Waals surface area contributed by atoms with Gasteiger partial charge in [0.2, 0.25) is 0 Å². The van der Waals surface area contributed by atoms with Crippen LogP contribution in [-0.2, 0) is 0 Å². The molecule has 5 heteroatoms. The van der Waals surface area contributed by atoms with E-state index in [2.05, 4.69) is 11.4 Å². The summed E-state index contributed by atoms with van der Waals surface area (Å²) in [5.74, 6) is -0.923. The second-order valence-electron chi connectivity index (χ2n) is 3.25. The molecule has 0 bridgehead atoms. The molecule has 0 spiro atoms. The van der Waals surface area contributed by atoms with E-state index < -0.39 is 11.6 Å². The first-order chi connectivity index (χ1) is 6.77. The average Bonchev–Trinajstić information content (AvgIpc) is 2.23. The van der Waals surface area contributed by atoms with Crippen molar-refractivity contribution in [1.82, 2.24) is 5.32 Å². The van der Waals surface area contributed by atoms with E-state index in [0.717, 1.165) is 19.2 Å². The van der Waals surface area contributed by atoms with Crippen molar-refractivity contribution in [2.45, 2.75) is 0 Å². The van der Waals surface area contributed by atoms with E-state index in [4.69, 9.17) is 0 Å². The second-order valence-corrected chi connectivity index (χ2v) is 3.25. The molecular formula is C10H11F2KN2. The molecule has 15 heavy (non-hydrogen) atoms. The standard InChI is InChI=1S/C10H11F2N2.K/c11-8-1-2-9(12)10(7-8)14-5-3-13-4-6-14;/h2,7,13H,3-6H2;/q-1;+1. The molecule has 1 aromatic carbocycles. The molecule has 0 radical (unpaired) electrons. The first kappa shape index (κ1) is 13.5. The fourth-order valence-electron chi connectivity index (χ4n) is 1.58. The summed E-state index contributed by atoms with van der Waals surface area (Å²) in [4.78, 5) is 1.84. The van der Waals surface area contributed by atoms with Crippen molar-refractivity contribution in [3.63, 3.8) is 0 Å². The first-order valence-corrected chi connectivity index (χ1v) is 4.60. The Kier molecular flexibility index (Phi) is 5.66. The summed E-state index contributed by atoms with van der Waals surface area (Å²) >= 11 is 0. The summed E-state index contributed by atoms with van der Waals surface area (Å²) < 4.78 is 26.1. The zero-order valence-corrected chi connectivity index (χ0v) is 11.8. The molecule has 0 aliphatic carbocycles. The minimum atomic E-state index is -0.514. The summed E-state index contributed by atoms with van der Waals surface area (Å²) in [5, 5.41) is 3.15. The van der Waals surface area contributed by atoms with Crippen molar-refractivity contribution in [3.05, 3.63) is 29.8 Å². The topological polar surface area (TPSA) is 15.3 Å². The van der Waals surface area contributed by atoms with Gasteiger partial charge in [-0.15, -0.1) is 18.2 Å². The van der Waals surface area contributed by atoms with Crippen molar-refractivity contribution in [2.75, 3.05) is 31.1 Å². The van der Waals surface area contributed by atoms with Crippen LogP contribution in [0.3, 0.4) is 0 Å². The minimum Gasteiger partial charge on any atom is -0.388 e. The number of anilines is 1. The fraction of sp³-hybridized carbons (Fsp3) is 0.400. The van der Waals surface area contributed by atoms with Gasteiger partial charge in [-0.3, -0.25) is 4.39 Å². The zero-order valence-electron chi connectivity index (χ0n) is 8.69. The molecule has 1 saturated heterocycles. The van der Waals surface area contributed by atoms with Gasteiger partial charge in [0, 0.05) is 37.8 Å². The van der Waals surface area contributed by atoms with Crippen LogP contribution in [0, 0.1) is 17.7 Å². The van der Waals surface area contributed by atoms with Crippen molar-refractivity contribution >= 4 is 5.69 Å². The number of nitrogens with one attached hydrogen (secondary N) is 1. The smallest absolute Gasteiger partial charge is 0.388 e. The average molecular weight is 236 g/mol.